The van der Waals surface area contributed by atoms with E-state index in [2.05, 4.69) is 4.74 Å². The average Bonchev–Trinajstić information content (AvgIpc) is 2.89. The fourth-order valence-electron chi connectivity index (χ4n) is 3.62. The first-order valence-electron chi connectivity index (χ1n) is 11.4. The highest BCUT2D eigenvalue weighted by molar-refractivity contribution is 6.08. The van der Waals surface area contributed by atoms with Crippen molar-refractivity contribution in [2.45, 2.75) is 30.7 Å². The Morgan fingerprint density at radius 1 is 0.773 bits per heavy atom. The lowest BCUT2D eigenvalue weighted by atomic mass is 9.93. The van der Waals surface area contributed by atoms with Gasteiger partial charge in [0, 0.05) is 16.7 Å². The lowest BCUT2D eigenvalue weighted by Gasteiger charge is -2.31. The van der Waals surface area contributed by atoms with Crippen LogP contribution in [0.4, 0.5) is 59.7 Å². The fraction of sp³-hybridized carbons (Fsp3) is 0.200. The van der Waals surface area contributed by atoms with Gasteiger partial charge in [0.25, 0.3) is 11.8 Å². The third-order valence-corrected chi connectivity index (χ3v) is 5.72. The van der Waals surface area contributed by atoms with E-state index in [1.54, 1.807) is 5.32 Å². The highest BCUT2D eigenvalue weighted by atomic mass is 19.4. The minimum Gasteiger partial charge on any atom is -0.506 e. The van der Waals surface area contributed by atoms with Crippen molar-refractivity contribution in [2.24, 2.45) is 0 Å². The molecule has 0 atom stereocenters. The second-order valence-corrected chi connectivity index (χ2v) is 8.64. The number of hydrogen-bond donors (Lipinski definition) is 5. The Bertz CT molecular complexity index is 1540. The Balaban J connectivity index is 1.97. The molecule has 0 aromatic heterocycles. The van der Waals surface area contributed by atoms with E-state index in [0.29, 0.717) is 0 Å². The Morgan fingerprint density at radius 3 is 1.84 bits per heavy atom. The first-order valence-corrected chi connectivity index (χ1v) is 11.4. The molecule has 0 heterocycles. The average molecular weight is 648 g/mol. The van der Waals surface area contributed by atoms with Crippen molar-refractivity contribution in [3.63, 3.8) is 0 Å². The van der Waals surface area contributed by atoms with Crippen molar-refractivity contribution in [1.29, 1.82) is 0 Å². The third-order valence-electron chi connectivity index (χ3n) is 5.72. The van der Waals surface area contributed by atoms with Crippen LogP contribution in [0.5, 0.6) is 11.5 Å². The number of carbonyl (C=O) groups excluding carboxylic acids is 2. The van der Waals surface area contributed by atoms with Crippen LogP contribution in [0.3, 0.4) is 0 Å². The summed E-state index contributed by atoms with van der Waals surface area (Å²) >= 11 is 0. The molecule has 2 amide bonds. The van der Waals surface area contributed by atoms with Gasteiger partial charge in [-0.05, 0) is 48.5 Å². The molecule has 0 bridgehead atoms. The summed E-state index contributed by atoms with van der Waals surface area (Å²) in [4.78, 5) is 25.2. The van der Waals surface area contributed by atoms with Crippen LogP contribution in [0.1, 0.15) is 31.8 Å². The predicted octanol–water partition coefficient (Wildman–Crippen LogP) is 5.99. The number of aromatic hydroxyl groups is 1. The van der Waals surface area contributed by atoms with Crippen molar-refractivity contribution in [2.75, 3.05) is 10.6 Å². The molecule has 0 aliphatic carbocycles. The molecule has 0 unspecified atom stereocenters. The minimum absolute atomic E-state index is 0.285. The van der Waals surface area contributed by atoms with Gasteiger partial charge in [0.1, 0.15) is 11.4 Å². The molecule has 19 heteroatoms. The molecule has 0 radical (unpaired) electrons. The van der Waals surface area contributed by atoms with Gasteiger partial charge in [-0.15, -0.1) is 0 Å². The zero-order valence-corrected chi connectivity index (χ0v) is 21.0. The summed E-state index contributed by atoms with van der Waals surface area (Å²) in [5.74, 6) is -7.88. The topological polar surface area (TPSA) is 128 Å². The summed E-state index contributed by atoms with van der Waals surface area (Å²) in [6, 6.07) is 1.27. The van der Waals surface area contributed by atoms with Crippen molar-refractivity contribution >= 4 is 23.2 Å². The van der Waals surface area contributed by atoms with E-state index < -0.39 is 100 Å². The van der Waals surface area contributed by atoms with Crippen molar-refractivity contribution in [1.82, 2.24) is 0 Å². The molecule has 3 rings (SSSR count). The molecule has 0 spiro atoms. The maximum absolute atomic E-state index is 15.1. The maximum atomic E-state index is 15.1. The summed E-state index contributed by atoms with van der Waals surface area (Å²) in [6.45, 7) is -3.99. The van der Waals surface area contributed by atoms with E-state index in [4.69, 9.17) is 10.2 Å². The van der Waals surface area contributed by atoms with Gasteiger partial charge in [0.2, 0.25) is 0 Å². The number of anilines is 2. The summed E-state index contributed by atoms with van der Waals surface area (Å²) < 4.78 is 151. The number of nitrogens with one attached hydrogen (secondary N) is 2. The molecule has 0 aliphatic rings. The molecule has 44 heavy (non-hydrogen) atoms. The molecular formula is C25H15F11N2O6. The number of carbonyl (C=O) groups is 2. The number of halogens is 11. The Labute approximate surface area is 237 Å². The molecule has 0 fully saturated rings. The summed E-state index contributed by atoms with van der Waals surface area (Å²) in [7, 11) is 0. The van der Waals surface area contributed by atoms with Crippen LogP contribution in [-0.4, -0.2) is 46.1 Å². The molecule has 5 N–H and O–H groups in total. The Hall–Kier alpha value is -4.65. The smallest absolute Gasteiger partial charge is 0.435 e. The number of ether oxygens (including phenoxy) is 1. The standard InChI is InChI=1S/C25H15F11N2O6/c26-17-13(2-1-3-14(17)37-19(40)10-4-6-11(7-5-10)23(30,42)43)20(41)38-18-15(39)8-12(9-16(18)44-21(27)28)22(29,24(31,32)33)25(34,35)36/h1-9,21,39,42-43H,(H,37,40)(H,38,41). The zero-order chi connectivity index (χ0) is 33.4. The van der Waals surface area contributed by atoms with Crippen LogP contribution in [0, 0.1) is 5.82 Å². The highest BCUT2D eigenvalue weighted by Gasteiger charge is 2.73. The maximum Gasteiger partial charge on any atom is 0.435 e. The molecule has 0 saturated heterocycles. The Morgan fingerprint density at radius 2 is 1.34 bits per heavy atom. The predicted molar refractivity (Wildman–Crippen MR) is 126 cm³/mol. The van der Waals surface area contributed by atoms with Gasteiger partial charge in [0.15, 0.2) is 11.6 Å². The van der Waals surface area contributed by atoms with Crippen LogP contribution in [0.15, 0.2) is 54.6 Å². The van der Waals surface area contributed by atoms with Gasteiger partial charge in [0.05, 0.1) is 11.3 Å². The highest BCUT2D eigenvalue weighted by Crippen LogP contribution is 2.55. The van der Waals surface area contributed by atoms with Crippen LogP contribution in [0.2, 0.25) is 0 Å². The molecule has 3 aromatic carbocycles. The number of amides is 2. The lowest BCUT2D eigenvalue weighted by molar-refractivity contribution is -0.348. The molecule has 238 valence electrons. The number of phenolic OH excluding ortho intramolecular Hbond substituents is 1. The minimum atomic E-state index is -6.71. The first-order chi connectivity index (χ1) is 20.1. The van der Waals surface area contributed by atoms with Gasteiger partial charge in [-0.3, -0.25) is 9.59 Å². The summed E-state index contributed by atoms with van der Waals surface area (Å²) in [5.41, 5.74) is -12.7. The van der Waals surface area contributed by atoms with Gasteiger partial charge in [-0.25, -0.2) is 8.78 Å². The van der Waals surface area contributed by atoms with Gasteiger partial charge < -0.3 is 30.7 Å². The van der Waals surface area contributed by atoms with Crippen molar-refractivity contribution in [3.05, 3.63) is 82.7 Å². The molecular weight excluding hydrogens is 633 g/mol. The zero-order valence-electron chi connectivity index (χ0n) is 21.0. The van der Waals surface area contributed by atoms with E-state index in [-0.39, 0.29) is 5.56 Å². The lowest BCUT2D eigenvalue weighted by Crippen LogP contribution is -2.50. The molecule has 0 aliphatic heterocycles. The van der Waals surface area contributed by atoms with Crippen LogP contribution in [-0.2, 0) is 11.7 Å². The Kier molecular flexibility index (Phi) is 9.07. The van der Waals surface area contributed by atoms with E-state index in [1.165, 1.54) is 0 Å². The van der Waals surface area contributed by atoms with Crippen LogP contribution < -0.4 is 15.4 Å². The second kappa shape index (κ2) is 11.8. The van der Waals surface area contributed by atoms with Gasteiger partial charge >= 0.3 is 30.7 Å². The molecule has 0 saturated carbocycles. The largest absolute Gasteiger partial charge is 0.506 e. The number of benzene rings is 3. The van der Waals surface area contributed by atoms with Crippen LogP contribution >= 0.6 is 0 Å². The quantitative estimate of drug-likeness (QED) is 0.116. The van der Waals surface area contributed by atoms with E-state index in [1.807, 2.05) is 5.32 Å². The van der Waals surface area contributed by atoms with E-state index >= 15 is 4.39 Å². The van der Waals surface area contributed by atoms with E-state index in [9.17, 15) is 58.6 Å². The van der Waals surface area contributed by atoms with Crippen molar-refractivity contribution in [3.8, 4) is 11.5 Å². The number of aliphatic hydroxyl groups is 2. The summed E-state index contributed by atoms with van der Waals surface area (Å²) in [5, 5.41) is 31.4. The number of rotatable bonds is 8. The first kappa shape index (κ1) is 33.8. The molecule has 3 aromatic rings. The van der Waals surface area contributed by atoms with Gasteiger partial charge in [-0.1, -0.05) is 6.07 Å². The number of hydrogen-bond acceptors (Lipinski definition) is 6. The number of phenols is 1. The second-order valence-electron chi connectivity index (χ2n) is 8.64. The fourth-order valence-corrected chi connectivity index (χ4v) is 3.62. The summed E-state index contributed by atoms with van der Waals surface area (Å²) in [6.07, 6.45) is -13.4. The van der Waals surface area contributed by atoms with Crippen LogP contribution in [0.25, 0.3) is 0 Å². The van der Waals surface area contributed by atoms with Gasteiger partial charge in [-0.2, -0.15) is 39.5 Å². The molecule has 8 nitrogen and oxygen atoms in total. The SMILES string of the molecule is O=C(Nc1cccc(C(=O)Nc2c(O)cc(C(F)(C(F)(F)F)C(F)(F)F)cc2OC(F)F)c1F)c1ccc(C(O)(O)F)cc1. The monoisotopic (exact) mass is 648 g/mol. The third kappa shape index (κ3) is 6.77. The van der Waals surface area contributed by atoms with E-state index in [0.717, 1.165) is 42.5 Å². The normalized spacial score (nSPS) is 12.7. The van der Waals surface area contributed by atoms with Crippen molar-refractivity contribution < 1.29 is 77.9 Å². The number of alkyl halides is 10.